The second-order valence-corrected chi connectivity index (χ2v) is 8.51. The van der Waals surface area contributed by atoms with E-state index in [1.54, 1.807) is 39.3 Å². The summed E-state index contributed by atoms with van der Waals surface area (Å²) in [4.78, 5) is 28.6. The second-order valence-electron chi connectivity index (χ2n) is 8.51. The summed E-state index contributed by atoms with van der Waals surface area (Å²) in [5.41, 5.74) is -0.0566. The highest BCUT2D eigenvalue weighted by Crippen LogP contribution is 2.41. The van der Waals surface area contributed by atoms with Gasteiger partial charge in [0.25, 0.3) is 0 Å². The number of carbonyl (C=O) groups excluding carboxylic acids is 2. The standard InChI is InChI=1S/C27H35NO8/c1-7-35-25(29)27(19-9-11-21(32-4)23(17-19)34-6)14-12-24(36-26(27)30)28(2)15-13-18-8-10-20(31-3)22(16-18)33-5/h8-11,16-17,24H,7,12-15H2,1-6H3. The summed E-state index contributed by atoms with van der Waals surface area (Å²) in [6.45, 7) is 2.49. The van der Waals surface area contributed by atoms with Gasteiger partial charge in [0.1, 0.15) is 0 Å². The lowest BCUT2D eigenvalue weighted by molar-refractivity contribution is -0.183. The average molecular weight is 502 g/mol. The Labute approximate surface area is 212 Å². The van der Waals surface area contributed by atoms with Gasteiger partial charge in [-0.15, -0.1) is 0 Å². The first-order chi connectivity index (χ1) is 17.3. The number of esters is 2. The van der Waals surface area contributed by atoms with E-state index in [1.165, 1.54) is 14.2 Å². The van der Waals surface area contributed by atoms with Crippen molar-refractivity contribution in [2.75, 3.05) is 48.6 Å². The molecule has 0 saturated carbocycles. The topological polar surface area (TPSA) is 92.8 Å². The number of nitrogens with zero attached hydrogens (tertiary/aromatic N) is 1. The molecule has 1 fully saturated rings. The summed E-state index contributed by atoms with van der Waals surface area (Å²) in [6, 6.07) is 10.8. The molecule has 1 saturated heterocycles. The zero-order valence-corrected chi connectivity index (χ0v) is 21.8. The van der Waals surface area contributed by atoms with E-state index < -0.39 is 23.6 Å². The number of likely N-dealkylation sites (N-methyl/N-ethyl adjacent to an activating group) is 1. The van der Waals surface area contributed by atoms with E-state index in [-0.39, 0.29) is 13.0 Å². The smallest absolute Gasteiger partial charge is 0.329 e. The van der Waals surface area contributed by atoms with Crippen LogP contribution in [0.3, 0.4) is 0 Å². The van der Waals surface area contributed by atoms with Crippen LogP contribution in [0.4, 0.5) is 0 Å². The summed E-state index contributed by atoms with van der Waals surface area (Å²) in [5.74, 6) is 0.978. The summed E-state index contributed by atoms with van der Waals surface area (Å²) in [7, 11) is 8.12. The third-order valence-electron chi connectivity index (χ3n) is 6.55. The van der Waals surface area contributed by atoms with Crippen LogP contribution < -0.4 is 18.9 Å². The Balaban J connectivity index is 1.77. The minimum Gasteiger partial charge on any atom is -0.493 e. The first-order valence-electron chi connectivity index (χ1n) is 11.9. The van der Waals surface area contributed by atoms with E-state index in [9.17, 15) is 9.59 Å². The van der Waals surface area contributed by atoms with Crippen LogP contribution in [0.1, 0.15) is 30.9 Å². The van der Waals surface area contributed by atoms with E-state index in [2.05, 4.69) is 0 Å². The van der Waals surface area contributed by atoms with Gasteiger partial charge in [0, 0.05) is 13.0 Å². The van der Waals surface area contributed by atoms with Crippen molar-refractivity contribution >= 4 is 11.9 Å². The van der Waals surface area contributed by atoms with Crippen molar-refractivity contribution in [1.29, 1.82) is 0 Å². The maximum Gasteiger partial charge on any atom is 0.329 e. The van der Waals surface area contributed by atoms with E-state index in [4.69, 9.17) is 28.4 Å². The molecule has 1 aliphatic heterocycles. The van der Waals surface area contributed by atoms with Crippen molar-refractivity contribution in [3.05, 3.63) is 47.5 Å². The molecule has 2 aromatic carbocycles. The van der Waals surface area contributed by atoms with Crippen molar-refractivity contribution in [2.45, 2.75) is 37.8 Å². The fourth-order valence-corrected chi connectivity index (χ4v) is 4.44. The van der Waals surface area contributed by atoms with Gasteiger partial charge >= 0.3 is 11.9 Å². The number of rotatable bonds is 11. The highest BCUT2D eigenvalue weighted by molar-refractivity contribution is 6.07. The molecule has 0 aliphatic carbocycles. The molecule has 0 aromatic heterocycles. The van der Waals surface area contributed by atoms with Gasteiger partial charge < -0.3 is 28.4 Å². The van der Waals surface area contributed by atoms with Crippen LogP contribution in [-0.4, -0.2) is 71.7 Å². The average Bonchev–Trinajstić information content (AvgIpc) is 2.91. The Hall–Kier alpha value is -3.46. The zero-order chi connectivity index (χ0) is 26.3. The number of benzene rings is 2. The van der Waals surface area contributed by atoms with E-state index >= 15 is 0 Å². The van der Waals surface area contributed by atoms with E-state index in [1.807, 2.05) is 30.1 Å². The highest BCUT2D eigenvalue weighted by Gasteiger charge is 2.54. The van der Waals surface area contributed by atoms with Crippen molar-refractivity contribution < 1.29 is 38.0 Å². The van der Waals surface area contributed by atoms with Crippen molar-refractivity contribution in [2.24, 2.45) is 0 Å². The molecule has 1 heterocycles. The van der Waals surface area contributed by atoms with Gasteiger partial charge in [-0.25, -0.2) is 0 Å². The lowest BCUT2D eigenvalue weighted by Gasteiger charge is -2.39. The maximum atomic E-state index is 13.5. The number of carbonyl (C=O) groups is 2. The van der Waals surface area contributed by atoms with Gasteiger partial charge in [-0.2, -0.15) is 0 Å². The van der Waals surface area contributed by atoms with Gasteiger partial charge in [-0.1, -0.05) is 12.1 Å². The Morgan fingerprint density at radius 2 is 1.58 bits per heavy atom. The minimum absolute atomic E-state index is 0.149. The molecule has 196 valence electrons. The fourth-order valence-electron chi connectivity index (χ4n) is 4.44. The Kier molecular flexibility index (Phi) is 9.03. The number of methoxy groups -OCH3 is 4. The molecule has 1 aliphatic rings. The molecular formula is C27H35NO8. The molecule has 36 heavy (non-hydrogen) atoms. The summed E-state index contributed by atoms with van der Waals surface area (Å²) in [6.07, 6.45) is 0.941. The predicted octanol–water partition coefficient (Wildman–Crippen LogP) is 3.36. The van der Waals surface area contributed by atoms with Crippen LogP contribution in [0.5, 0.6) is 23.0 Å². The number of hydrogen-bond acceptors (Lipinski definition) is 9. The Morgan fingerprint density at radius 1 is 0.972 bits per heavy atom. The third-order valence-corrected chi connectivity index (χ3v) is 6.55. The quantitative estimate of drug-likeness (QED) is 0.339. The molecule has 3 rings (SSSR count). The molecule has 9 heteroatoms. The first kappa shape index (κ1) is 27.1. The number of ether oxygens (including phenoxy) is 6. The molecule has 0 bridgehead atoms. The van der Waals surface area contributed by atoms with E-state index in [0.29, 0.717) is 47.9 Å². The molecule has 2 aromatic rings. The Bertz CT molecular complexity index is 1070. The normalized spacial score (nSPS) is 19.4. The lowest BCUT2D eigenvalue weighted by Crippen LogP contribution is -2.54. The molecule has 0 spiro atoms. The second kappa shape index (κ2) is 12.0. The van der Waals surface area contributed by atoms with Crippen molar-refractivity contribution in [1.82, 2.24) is 4.90 Å². The fraction of sp³-hybridized carbons (Fsp3) is 0.481. The van der Waals surface area contributed by atoms with Crippen LogP contribution in [0, 0.1) is 0 Å². The third kappa shape index (κ3) is 5.36. The summed E-state index contributed by atoms with van der Waals surface area (Å²) in [5, 5.41) is 0. The largest absolute Gasteiger partial charge is 0.493 e. The maximum absolute atomic E-state index is 13.5. The summed E-state index contributed by atoms with van der Waals surface area (Å²) < 4.78 is 32.6. The van der Waals surface area contributed by atoms with Gasteiger partial charge in [-0.05, 0) is 62.2 Å². The molecule has 0 radical (unpaired) electrons. The Morgan fingerprint density at radius 3 is 2.17 bits per heavy atom. The van der Waals surface area contributed by atoms with Crippen molar-refractivity contribution in [3.8, 4) is 23.0 Å². The summed E-state index contributed by atoms with van der Waals surface area (Å²) >= 11 is 0. The molecular weight excluding hydrogens is 466 g/mol. The molecule has 0 amide bonds. The van der Waals surface area contributed by atoms with Crippen LogP contribution >= 0.6 is 0 Å². The van der Waals surface area contributed by atoms with Gasteiger partial charge in [0.15, 0.2) is 34.6 Å². The SMILES string of the molecule is CCOC(=O)C1(c2ccc(OC)c(OC)c2)CCC(N(C)CCc2ccc(OC)c(OC)c2)OC1=O. The number of hydrogen-bond donors (Lipinski definition) is 0. The van der Waals surface area contributed by atoms with Crippen molar-refractivity contribution in [3.63, 3.8) is 0 Å². The molecule has 2 unspecified atom stereocenters. The molecule has 9 nitrogen and oxygen atoms in total. The molecule has 2 atom stereocenters. The number of cyclic esters (lactones) is 1. The van der Waals surface area contributed by atoms with Crippen LogP contribution in [0.15, 0.2) is 36.4 Å². The van der Waals surface area contributed by atoms with Crippen LogP contribution in [-0.2, 0) is 30.9 Å². The van der Waals surface area contributed by atoms with Crippen LogP contribution in [0.2, 0.25) is 0 Å². The lowest BCUT2D eigenvalue weighted by atomic mass is 9.74. The van der Waals surface area contributed by atoms with Gasteiger partial charge in [-0.3, -0.25) is 14.5 Å². The molecule has 0 N–H and O–H groups in total. The van der Waals surface area contributed by atoms with E-state index in [0.717, 1.165) is 5.56 Å². The van der Waals surface area contributed by atoms with Gasteiger partial charge in [0.05, 0.1) is 35.0 Å². The first-order valence-corrected chi connectivity index (χ1v) is 11.9. The predicted molar refractivity (Wildman–Crippen MR) is 133 cm³/mol. The monoisotopic (exact) mass is 501 g/mol. The highest BCUT2D eigenvalue weighted by atomic mass is 16.6. The van der Waals surface area contributed by atoms with Gasteiger partial charge in [0.2, 0.25) is 0 Å². The minimum atomic E-state index is -1.57. The van der Waals surface area contributed by atoms with Crippen LogP contribution in [0.25, 0.3) is 0 Å². The zero-order valence-electron chi connectivity index (χ0n) is 21.8.